The van der Waals surface area contributed by atoms with Crippen LogP contribution in [0.2, 0.25) is 0 Å². The van der Waals surface area contributed by atoms with Crippen molar-refractivity contribution < 1.29 is 0 Å². The average Bonchev–Trinajstić information content (AvgIpc) is 3.02. The van der Waals surface area contributed by atoms with E-state index in [1.165, 1.54) is 31.2 Å². The minimum atomic E-state index is 0.978. The molecule has 3 heteroatoms. The van der Waals surface area contributed by atoms with Crippen molar-refractivity contribution in [3.8, 4) is 0 Å². The molecule has 1 fully saturated rings. The van der Waals surface area contributed by atoms with E-state index in [4.69, 9.17) is 0 Å². The third-order valence-corrected chi connectivity index (χ3v) is 3.86. The summed E-state index contributed by atoms with van der Waals surface area (Å²) in [6.45, 7) is 3.12. The first-order valence-electron chi connectivity index (χ1n) is 5.62. The summed E-state index contributed by atoms with van der Waals surface area (Å²) in [7, 11) is 0. The lowest BCUT2D eigenvalue weighted by molar-refractivity contribution is 0.686. The molecule has 0 aromatic carbocycles. The highest BCUT2D eigenvalue weighted by Gasteiger charge is 2.19. The predicted octanol–water partition coefficient (Wildman–Crippen LogP) is 3.75. The molecule has 0 unspecified atom stereocenters. The van der Waals surface area contributed by atoms with Crippen LogP contribution in [-0.2, 0) is 0 Å². The first-order valence-corrected chi connectivity index (χ1v) is 6.41. The molecule has 0 bridgehead atoms. The van der Waals surface area contributed by atoms with Gasteiger partial charge in [0.1, 0.15) is 5.82 Å². The molecule has 1 saturated carbocycles. The van der Waals surface area contributed by atoms with Gasteiger partial charge >= 0.3 is 0 Å². The third kappa shape index (κ3) is 3.20. The van der Waals surface area contributed by atoms with Crippen molar-refractivity contribution in [3.63, 3.8) is 0 Å². The van der Waals surface area contributed by atoms with Gasteiger partial charge in [-0.3, -0.25) is 0 Å². The van der Waals surface area contributed by atoms with Gasteiger partial charge in [-0.2, -0.15) is 0 Å². The van der Waals surface area contributed by atoms with E-state index in [9.17, 15) is 0 Å². The van der Waals surface area contributed by atoms with E-state index in [0.717, 1.165) is 22.8 Å². The Bertz CT molecular complexity index is 334. The highest BCUT2D eigenvalue weighted by molar-refractivity contribution is 9.10. The van der Waals surface area contributed by atoms with Crippen LogP contribution >= 0.6 is 15.9 Å². The summed E-state index contributed by atoms with van der Waals surface area (Å²) in [5, 5.41) is 3.38. The molecule has 1 aromatic rings. The number of pyridine rings is 1. The molecule has 1 aliphatic rings. The molecule has 1 N–H and O–H groups in total. The normalized spacial score (nSPS) is 15.3. The minimum absolute atomic E-state index is 0.978. The van der Waals surface area contributed by atoms with Crippen LogP contribution in [0, 0.1) is 12.8 Å². The van der Waals surface area contributed by atoms with Crippen LogP contribution in [0.15, 0.2) is 16.7 Å². The Morgan fingerprint density at radius 1 is 1.53 bits per heavy atom. The van der Waals surface area contributed by atoms with Gasteiger partial charge in [-0.25, -0.2) is 4.98 Å². The standard InChI is InChI=1S/C12H17BrN2/c1-9-6-8-15-12(11(9)13)14-7-2-3-10-4-5-10/h6,8,10H,2-5,7H2,1H3,(H,14,15). The van der Waals surface area contributed by atoms with E-state index in [1.807, 2.05) is 12.3 Å². The van der Waals surface area contributed by atoms with Gasteiger partial charge < -0.3 is 5.32 Å². The summed E-state index contributed by atoms with van der Waals surface area (Å²) >= 11 is 3.55. The van der Waals surface area contributed by atoms with Crippen LogP contribution in [0.25, 0.3) is 0 Å². The van der Waals surface area contributed by atoms with Gasteiger partial charge in [-0.15, -0.1) is 0 Å². The summed E-state index contributed by atoms with van der Waals surface area (Å²) in [5.41, 5.74) is 1.23. The summed E-state index contributed by atoms with van der Waals surface area (Å²) in [5.74, 6) is 2.01. The van der Waals surface area contributed by atoms with Crippen LogP contribution in [0.3, 0.4) is 0 Å². The minimum Gasteiger partial charge on any atom is -0.369 e. The summed E-state index contributed by atoms with van der Waals surface area (Å²) < 4.78 is 1.09. The van der Waals surface area contributed by atoms with Crippen molar-refractivity contribution >= 4 is 21.7 Å². The van der Waals surface area contributed by atoms with Crippen molar-refractivity contribution in [2.24, 2.45) is 5.92 Å². The van der Waals surface area contributed by atoms with Crippen LogP contribution in [0.4, 0.5) is 5.82 Å². The van der Waals surface area contributed by atoms with Crippen LogP contribution < -0.4 is 5.32 Å². The summed E-state index contributed by atoms with van der Waals surface area (Å²) in [4.78, 5) is 4.31. The molecule has 0 amide bonds. The number of rotatable bonds is 5. The van der Waals surface area contributed by atoms with Gasteiger partial charge in [-0.1, -0.05) is 12.8 Å². The molecule has 82 valence electrons. The van der Waals surface area contributed by atoms with Gasteiger partial charge in [0.15, 0.2) is 0 Å². The quantitative estimate of drug-likeness (QED) is 0.823. The molecule has 0 atom stereocenters. The Labute approximate surface area is 99.6 Å². The number of nitrogens with zero attached hydrogens (tertiary/aromatic N) is 1. The first-order chi connectivity index (χ1) is 7.27. The number of aryl methyl sites for hydroxylation is 1. The van der Waals surface area contributed by atoms with Gasteiger partial charge in [0.2, 0.25) is 0 Å². The lowest BCUT2D eigenvalue weighted by atomic mass is 10.2. The topological polar surface area (TPSA) is 24.9 Å². The second kappa shape index (κ2) is 4.97. The molecule has 0 spiro atoms. The fourth-order valence-corrected chi connectivity index (χ4v) is 2.04. The second-order valence-electron chi connectivity index (χ2n) is 4.30. The Hall–Kier alpha value is -0.570. The molecule has 0 aliphatic heterocycles. The van der Waals surface area contributed by atoms with Crippen molar-refractivity contribution in [3.05, 3.63) is 22.3 Å². The Morgan fingerprint density at radius 3 is 3.07 bits per heavy atom. The Morgan fingerprint density at radius 2 is 2.33 bits per heavy atom. The fourth-order valence-electron chi connectivity index (χ4n) is 1.67. The highest BCUT2D eigenvalue weighted by atomic mass is 79.9. The zero-order chi connectivity index (χ0) is 10.7. The van der Waals surface area contributed by atoms with Gasteiger partial charge in [0.05, 0.1) is 4.47 Å². The Kier molecular flexibility index (Phi) is 3.62. The number of anilines is 1. The summed E-state index contributed by atoms with van der Waals surface area (Å²) in [6, 6.07) is 2.01. The molecule has 2 rings (SSSR count). The van der Waals surface area contributed by atoms with E-state index >= 15 is 0 Å². The lowest BCUT2D eigenvalue weighted by Crippen LogP contribution is -2.04. The van der Waals surface area contributed by atoms with Crippen molar-refractivity contribution in [1.82, 2.24) is 4.98 Å². The SMILES string of the molecule is Cc1ccnc(NCCCC2CC2)c1Br. The zero-order valence-electron chi connectivity index (χ0n) is 9.09. The van der Waals surface area contributed by atoms with Crippen LogP contribution in [-0.4, -0.2) is 11.5 Å². The predicted molar refractivity (Wildman–Crippen MR) is 67.1 cm³/mol. The molecular formula is C12H17BrN2. The average molecular weight is 269 g/mol. The van der Waals surface area contributed by atoms with Crippen molar-refractivity contribution in [2.45, 2.75) is 32.6 Å². The summed E-state index contributed by atoms with van der Waals surface area (Å²) in [6.07, 6.45) is 7.38. The van der Waals surface area contributed by atoms with Gasteiger partial charge in [0.25, 0.3) is 0 Å². The molecule has 15 heavy (non-hydrogen) atoms. The van der Waals surface area contributed by atoms with E-state index in [1.54, 1.807) is 0 Å². The molecular weight excluding hydrogens is 252 g/mol. The van der Waals surface area contributed by atoms with Gasteiger partial charge in [-0.05, 0) is 53.2 Å². The molecule has 0 radical (unpaired) electrons. The maximum Gasteiger partial charge on any atom is 0.140 e. The smallest absolute Gasteiger partial charge is 0.140 e. The van der Waals surface area contributed by atoms with Crippen LogP contribution in [0.1, 0.15) is 31.2 Å². The maximum absolute atomic E-state index is 4.31. The number of hydrogen-bond acceptors (Lipinski definition) is 2. The number of halogens is 1. The zero-order valence-corrected chi connectivity index (χ0v) is 10.7. The monoisotopic (exact) mass is 268 g/mol. The number of hydrogen-bond donors (Lipinski definition) is 1. The number of aromatic nitrogens is 1. The molecule has 1 aromatic heterocycles. The van der Waals surface area contributed by atoms with Crippen molar-refractivity contribution in [1.29, 1.82) is 0 Å². The Balaban J connectivity index is 1.78. The largest absolute Gasteiger partial charge is 0.369 e. The number of nitrogens with one attached hydrogen (secondary N) is 1. The third-order valence-electron chi connectivity index (χ3n) is 2.86. The second-order valence-corrected chi connectivity index (χ2v) is 5.10. The van der Waals surface area contributed by atoms with E-state index < -0.39 is 0 Å². The molecule has 1 heterocycles. The van der Waals surface area contributed by atoms with Crippen LogP contribution in [0.5, 0.6) is 0 Å². The highest BCUT2D eigenvalue weighted by Crippen LogP contribution is 2.33. The van der Waals surface area contributed by atoms with Crippen molar-refractivity contribution in [2.75, 3.05) is 11.9 Å². The van der Waals surface area contributed by atoms with E-state index in [-0.39, 0.29) is 0 Å². The molecule has 1 aliphatic carbocycles. The molecule has 0 saturated heterocycles. The van der Waals surface area contributed by atoms with Gasteiger partial charge in [0, 0.05) is 12.7 Å². The maximum atomic E-state index is 4.31. The van der Waals surface area contributed by atoms with E-state index in [0.29, 0.717) is 0 Å². The lowest BCUT2D eigenvalue weighted by Gasteiger charge is -2.08. The molecule has 2 nitrogen and oxygen atoms in total. The fraction of sp³-hybridized carbons (Fsp3) is 0.583. The van der Waals surface area contributed by atoms with E-state index in [2.05, 4.69) is 33.2 Å². The first kappa shape index (κ1) is 10.9.